The van der Waals surface area contributed by atoms with Gasteiger partial charge in [-0.25, -0.2) is 13.9 Å². The van der Waals surface area contributed by atoms with E-state index in [-0.39, 0.29) is 42.8 Å². The van der Waals surface area contributed by atoms with Gasteiger partial charge in [0.25, 0.3) is 5.56 Å². The number of benzene rings is 2. The molecule has 1 atom stereocenters. The molecule has 2 amide bonds. The van der Waals surface area contributed by atoms with Crippen molar-refractivity contribution in [1.29, 1.82) is 0 Å². The highest BCUT2D eigenvalue weighted by Gasteiger charge is 2.19. The lowest BCUT2D eigenvalue weighted by Crippen LogP contribution is -2.34. The summed E-state index contributed by atoms with van der Waals surface area (Å²) in [7, 11) is 0. The fourth-order valence-corrected chi connectivity index (χ4v) is 3.81. The van der Waals surface area contributed by atoms with E-state index < -0.39 is 11.6 Å². The molecule has 2 aromatic carbocycles. The van der Waals surface area contributed by atoms with Gasteiger partial charge in [-0.2, -0.15) is 0 Å². The molecular formula is C25H28N6O4. The number of aryl methyl sites for hydroxylation is 2. The minimum Gasteiger partial charge on any atom is -0.354 e. The number of aromatic nitrogens is 4. The van der Waals surface area contributed by atoms with Gasteiger partial charge in [0.15, 0.2) is 0 Å². The monoisotopic (exact) mass is 476 g/mol. The quantitative estimate of drug-likeness (QED) is 0.403. The molecule has 0 fully saturated rings. The second-order valence-corrected chi connectivity index (χ2v) is 8.59. The van der Waals surface area contributed by atoms with Crippen LogP contribution in [0.4, 0.5) is 5.69 Å². The Morgan fingerprint density at radius 3 is 2.46 bits per heavy atom. The molecule has 0 radical (unpaired) electrons. The summed E-state index contributed by atoms with van der Waals surface area (Å²) in [4.78, 5) is 51.4. The first kappa shape index (κ1) is 23.9. The molecule has 0 aliphatic heterocycles. The van der Waals surface area contributed by atoms with Crippen LogP contribution in [0.5, 0.6) is 0 Å². The molecule has 0 aliphatic rings. The van der Waals surface area contributed by atoms with Gasteiger partial charge in [0.05, 0.1) is 10.9 Å². The molecule has 4 rings (SSSR count). The first-order chi connectivity index (χ1) is 16.8. The van der Waals surface area contributed by atoms with Crippen molar-refractivity contribution in [3.8, 4) is 0 Å². The van der Waals surface area contributed by atoms with Crippen molar-refractivity contribution in [2.24, 2.45) is 0 Å². The summed E-state index contributed by atoms with van der Waals surface area (Å²) >= 11 is 0. The number of hydrogen-bond donors (Lipinski definition) is 2. The van der Waals surface area contributed by atoms with Gasteiger partial charge in [0.2, 0.25) is 17.6 Å². The first-order valence-electron chi connectivity index (χ1n) is 11.6. The van der Waals surface area contributed by atoms with Crippen LogP contribution < -0.4 is 21.9 Å². The van der Waals surface area contributed by atoms with Crippen LogP contribution in [-0.4, -0.2) is 36.6 Å². The van der Waals surface area contributed by atoms with Crippen molar-refractivity contribution < 1.29 is 9.59 Å². The first-order valence-corrected chi connectivity index (χ1v) is 11.6. The lowest BCUT2D eigenvalue weighted by molar-refractivity contribution is -0.122. The highest BCUT2D eigenvalue weighted by Crippen LogP contribution is 2.12. The fraction of sp³-hybridized carbons (Fsp3) is 0.320. The Morgan fingerprint density at radius 2 is 1.74 bits per heavy atom. The number of para-hydroxylation sites is 1. The van der Waals surface area contributed by atoms with E-state index in [9.17, 15) is 19.2 Å². The van der Waals surface area contributed by atoms with Gasteiger partial charge in [0, 0.05) is 24.7 Å². The molecule has 182 valence electrons. The lowest BCUT2D eigenvalue weighted by atomic mass is 10.2. The molecule has 0 saturated carbocycles. The molecule has 2 N–H and O–H groups in total. The van der Waals surface area contributed by atoms with Gasteiger partial charge in [-0.1, -0.05) is 36.8 Å². The Morgan fingerprint density at radius 1 is 1.03 bits per heavy atom. The summed E-state index contributed by atoms with van der Waals surface area (Å²) in [6.07, 6.45) is 0.837. The van der Waals surface area contributed by atoms with Gasteiger partial charge < -0.3 is 10.6 Å². The Bertz CT molecular complexity index is 1510. The predicted octanol–water partition coefficient (Wildman–Crippen LogP) is 2.06. The summed E-state index contributed by atoms with van der Waals surface area (Å²) in [5.41, 5.74) is 1.15. The average Bonchev–Trinajstić information content (AvgIpc) is 3.16. The highest BCUT2D eigenvalue weighted by atomic mass is 16.2. The number of nitrogens with zero attached hydrogens (tertiary/aromatic N) is 4. The maximum absolute atomic E-state index is 13.2. The van der Waals surface area contributed by atoms with Crippen molar-refractivity contribution in [2.75, 3.05) is 5.32 Å². The molecule has 0 aliphatic carbocycles. The summed E-state index contributed by atoms with van der Waals surface area (Å²) in [5.74, 6) is -0.541. The number of carbonyl (C=O) groups is 2. The number of nitrogens with one attached hydrogen (secondary N) is 2. The van der Waals surface area contributed by atoms with Crippen LogP contribution >= 0.6 is 0 Å². The van der Waals surface area contributed by atoms with Crippen molar-refractivity contribution in [2.45, 2.75) is 52.7 Å². The van der Waals surface area contributed by atoms with Gasteiger partial charge in [-0.3, -0.25) is 19.0 Å². The fourth-order valence-electron chi connectivity index (χ4n) is 3.81. The number of hydrogen-bond acceptors (Lipinski definition) is 5. The number of anilines is 1. The van der Waals surface area contributed by atoms with E-state index in [1.54, 1.807) is 36.4 Å². The third-order valence-corrected chi connectivity index (χ3v) is 5.90. The maximum Gasteiger partial charge on any atom is 0.352 e. The Balaban J connectivity index is 1.70. The van der Waals surface area contributed by atoms with Gasteiger partial charge in [-0.05, 0) is 44.5 Å². The minimum atomic E-state index is -0.548. The van der Waals surface area contributed by atoms with E-state index in [4.69, 9.17) is 0 Å². The zero-order valence-corrected chi connectivity index (χ0v) is 19.9. The second-order valence-electron chi connectivity index (χ2n) is 8.59. The third-order valence-electron chi connectivity index (χ3n) is 5.90. The largest absolute Gasteiger partial charge is 0.354 e. The summed E-state index contributed by atoms with van der Waals surface area (Å²) < 4.78 is 3.65. The third kappa shape index (κ3) is 5.01. The minimum absolute atomic E-state index is 0.0183. The molecule has 35 heavy (non-hydrogen) atoms. The van der Waals surface area contributed by atoms with E-state index in [0.717, 1.165) is 16.7 Å². The van der Waals surface area contributed by atoms with Crippen LogP contribution in [0.1, 0.15) is 32.3 Å². The van der Waals surface area contributed by atoms with Crippen LogP contribution in [0.2, 0.25) is 0 Å². The zero-order valence-electron chi connectivity index (χ0n) is 19.9. The Kier molecular flexibility index (Phi) is 6.81. The maximum atomic E-state index is 13.2. The Hall–Kier alpha value is -4.21. The molecule has 2 heterocycles. The van der Waals surface area contributed by atoms with Crippen LogP contribution in [0, 0.1) is 6.92 Å². The van der Waals surface area contributed by atoms with Crippen molar-refractivity contribution in [1.82, 2.24) is 24.1 Å². The molecule has 10 nitrogen and oxygen atoms in total. The SMILES string of the molecule is CC[C@H](C)NC(=O)CCn1c(=O)c2ccccc2n2c(=O)n(CC(=O)Nc3ccc(C)cc3)nc12. The molecular weight excluding hydrogens is 448 g/mol. The zero-order chi connectivity index (χ0) is 25.1. The molecule has 0 unspecified atom stereocenters. The van der Waals surface area contributed by atoms with Gasteiger partial charge >= 0.3 is 5.69 Å². The summed E-state index contributed by atoms with van der Waals surface area (Å²) in [6, 6.07) is 14.0. The average molecular weight is 477 g/mol. The number of rotatable bonds is 8. The van der Waals surface area contributed by atoms with Crippen molar-refractivity contribution >= 4 is 34.2 Å². The molecule has 0 saturated heterocycles. The van der Waals surface area contributed by atoms with E-state index in [0.29, 0.717) is 16.6 Å². The van der Waals surface area contributed by atoms with Crippen LogP contribution in [-0.2, 0) is 22.7 Å². The van der Waals surface area contributed by atoms with E-state index >= 15 is 0 Å². The number of carbonyl (C=O) groups excluding carboxylic acids is 2. The smallest absolute Gasteiger partial charge is 0.352 e. The molecule has 0 spiro atoms. The Labute approximate surface area is 201 Å². The highest BCUT2D eigenvalue weighted by molar-refractivity contribution is 5.90. The molecule has 0 bridgehead atoms. The van der Waals surface area contributed by atoms with E-state index in [2.05, 4.69) is 15.7 Å². The molecule has 2 aromatic heterocycles. The summed E-state index contributed by atoms with van der Waals surface area (Å²) in [5, 5.41) is 10.3. The van der Waals surface area contributed by atoms with Gasteiger partial charge in [-0.15, -0.1) is 5.10 Å². The summed E-state index contributed by atoms with van der Waals surface area (Å²) in [6.45, 7) is 5.53. The molecule has 10 heteroatoms. The topological polar surface area (TPSA) is 120 Å². The van der Waals surface area contributed by atoms with Crippen LogP contribution in [0.3, 0.4) is 0 Å². The number of amides is 2. The predicted molar refractivity (Wildman–Crippen MR) is 134 cm³/mol. The van der Waals surface area contributed by atoms with Crippen molar-refractivity contribution in [3.05, 3.63) is 74.9 Å². The van der Waals surface area contributed by atoms with E-state index in [1.807, 2.05) is 32.9 Å². The molecule has 4 aromatic rings. The van der Waals surface area contributed by atoms with Crippen LogP contribution in [0.25, 0.3) is 16.7 Å². The second kappa shape index (κ2) is 9.96. The normalized spacial score (nSPS) is 12.1. The standard InChI is InChI=1S/C25H28N6O4/c1-4-17(3)26-21(32)13-14-29-23(34)19-7-5-6-8-20(19)31-24(29)28-30(25(31)35)15-22(33)27-18-11-9-16(2)10-12-18/h5-12,17H,4,13-15H2,1-3H3,(H,26,32)(H,27,33)/t17-/m0/s1. The lowest BCUT2D eigenvalue weighted by Gasteiger charge is -2.12. The van der Waals surface area contributed by atoms with Crippen LogP contribution in [0.15, 0.2) is 58.1 Å². The van der Waals surface area contributed by atoms with Gasteiger partial charge in [0.1, 0.15) is 6.54 Å². The van der Waals surface area contributed by atoms with Crippen molar-refractivity contribution in [3.63, 3.8) is 0 Å². The van der Waals surface area contributed by atoms with E-state index in [1.165, 1.54) is 8.97 Å². The number of fused-ring (bicyclic) bond motifs is 3.